The average Bonchev–Trinajstić information content (AvgIpc) is 2.89. The van der Waals surface area contributed by atoms with Crippen LogP contribution >= 0.6 is 24.8 Å². The van der Waals surface area contributed by atoms with Crippen molar-refractivity contribution in [3.8, 4) is 0 Å². The van der Waals surface area contributed by atoms with Crippen LogP contribution < -0.4 is 0 Å². The Balaban J connectivity index is 0.00000162. The Bertz CT molecular complexity index is 385. The quantitative estimate of drug-likeness (QED) is 0.608. The smallest absolute Gasteiger partial charge is 0.147 e. The van der Waals surface area contributed by atoms with Crippen molar-refractivity contribution < 1.29 is 14.0 Å². The molecule has 114 valence electrons. The summed E-state index contributed by atoms with van der Waals surface area (Å²) in [5.74, 6) is 0. The van der Waals surface area contributed by atoms with Gasteiger partial charge in [-0.3, -0.25) is 0 Å². The van der Waals surface area contributed by atoms with Crippen LogP contribution in [0.3, 0.4) is 0 Å². The molecule has 4 heteroatoms. The molecule has 0 aromatic heterocycles. The fourth-order valence-corrected chi connectivity index (χ4v) is 10.3. The third kappa shape index (κ3) is 3.50. The molecule has 1 aliphatic heterocycles. The zero-order valence-corrected chi connectivity index (χ0v) is 16.3. The van der Waals surface area contributed by atoms with Crippen LogP contribution in [0, 0.1) is 0 Å². The largest absolute Gasteiger partial charge is 0.147 e. The van der Waals surface area contributed by atoms with E-state index in [1.807, 2.05) is 0 Å². The van der Waals surface area contributed by atoms with Gasteiger partial charge in [-0.1, -0.05) is 0 Å². The van der Waals surface area contributed by atoms with Crippen molar-refractivity contribution in [2.75, 3.05) is 13.1 Å². The standard InChI is InChI=1S/C6H12N.C5H5.4CH3.2ClH.Ti/c1-2-7-5-3-4-6-7;1-2-4-5-3-1;;;;;;;/h2H,3-6H2,1H3;1-3H,4H2;4*1H3;2*1H;. The maximum absolute atomic E-state index is 3.05. The van der Waals surface area contributed by atoms with Crippen molar-refractivity contribution >= 4 is 24.8 Å². The van der Waals surface area contributed by atoms with Gasteiger partial charge in [0.2, 0.25) is 0 Å². The Kier molecular flexibility index (Phi) is 5.71. The van der Waals surface area contributed by atoms with Gasteiger partial charge in [0.15, 0.2) is 0 Å². The van der Waals surface area contributed by atoms with Crippen molar-refractivity contribution in [1.29, 1.82) is 0 Å². The van der Waals surface area contributed by atoms with Crippen LogP contribution in [0.5, 0.6) is 0 Å². The monoisotopic (exact) mass is 343 g/mol. The maximum atomic E-state index is 2.75. The number of rotatable bonds is 3. The summed E-state index contributed by atoms with van der Waals surface area (Å²) in [4.78, 5) is 2.75. The zero-order chi connectivity index (χ0) is 12.8. The predicted molar refractivity (Wildman–Crippen MR) is 90.1 cm³/mol. The van der Waals surface area contributed by atoms with Gasteiger partial charge < -0.3 is 0 Å². The van der Waals surface area contributed by atoms with E-state index in [4.69, 9.17) is 0 Å². The SMILES string of the molecule is C[CH](N1CCCC1)[Ti]([CH3])([CH3])([CH3])([CH3])[C]1=CC=CC1.Cl.Cl. The predicted octanol–water partition coefficient (Wildman–Crippen LogP) is 5.53. The molecule has 0 amide bonds. The Hall–Kier alpha value is 0.734. The van der Waals surface area contributed by atoms with E-state index in [0.29, 0.717) is 0 Å². The minimum absolute atomic E-state index is 0. The van der Waals surface area contributed by atoms with Crippen molar-refractivity contribution in [1.82, 2.24) is 4.90 Å². The van der Waals surface area contributed by atoms with Gasteiger partial charge in [-0.05, 0) is 0 Å². The molecule has 2 rings (SSSR count). The summed E-state index contributed by atoms with van der Waals surface area (Å²) < 4.78 is 2.51. The van der Waals surface area contributed by atoms with Crippen LogP contribution in [0.4, 0.5) is 0 Å². The van der Waals surface area contributed by atoms with Gasteiger partial charge in [0, 0.05) is 0 Å². The first-order valence-corrected chi connectivity index (χ1v) is 15.2. The summed E-state index contributed by atoms with van der Waals surface area (Å²) in [6, 6.07) is 0. The summed E-state index contributed by atoms with van der Waals surface area (Å²) in [6.07, 6.45) is 11.0. The fraction of sp³-hybridized carbons (Fsp3) is 0.733. The van der Waals surface area contributed by atoms with Crippen LogP contribution in [-0.2, 0) is 14.0 Å². The summed E-state index contributed by atoms with van der Waals surface area (Å²) in [5.41, 5.74) is 0. The van der Waals surface area contributed by atoms with E-state index in [1.54, 1.807) is 3.88 Å². The maximum Gasteiger partial charge on any atom is -0.147 e. The molecule has 19 heavy (non-hydrogen) atoms. The number of hydrogen-bond donors (Lipinski definition) is 0. The number of allylic oxidation sites excluding steroid dienone is 4. The first-order valence-electron chi connectivity index (χ1n) is 7.22. The summed E-state index contributed by atoms with van der Waals surface area (Å²) in [7, 11) is 0. The van der Waals surface area contributed by atoms with Gasteiger partial charge in [0.1, 0.15) is 0 Å². The first kappa shape index (κ1) is 19.7. The summed E-state index contributed by atoms with van der Waals surface area (Å²) >= 11 is -3.05. The van der Waals surface area contributed by atoms with Gasteiger partial charge in [-0.15, -0.1) is 24.8 Å². The van der Waals surface area contributed by atoms with Crippen LogP contribution in [0.15, 0.2) is 22.1 Å². The van der Waals surface area contributed by atoms with E-state index < -0.39 is 14.0 Å². The first-order chi connectivity index (χ1) is 7.65. The molecular weight excluding hydrogens is 313 g/mol. The third-order valence-electron chi connectivity index (χ3n) is 5.81. The molecule has 0 spiro atoms. The Morgan fingerprint density at radius 1 is 1.05 bits per heavy atom. The Morgan fingerprint density at radius 2 is 1.58 bits per heavy atom. The van der Waals surface area contributed by atoms with Crippen molar-refractivity contribution in [3.63, 3.8) is 0 Å². The van der Waals surface area contributed by atoms with E-state index in [2.05, 4.69) is 51.0 Å². The molecule has 0 N–H and O–H groups in total. The second-order valence-corrected chi connectivity index (χ2v) is 27.9. The van der Waals surface area contributed by atoms with E-state index >= 15 is 0 Å². The van der Waals surface area contributed by atoms with Crippen LogP contribution in [0.2, 0.25) is 20.9 Å². The summed E-state index contributed by atoms with van der Waals surface area (Å²) in [5, 5.41) is 10.5. The minimum Gasteiger partial charge on any atom is -0.147 e. The molecule has 0 aromatic rings. The average molecular weight is 344 g/mol. The number of likely N-dealkylation sites (tertiary alicyclic amines) is 1. The summed E-state index contributed by atoms with van der Waals surface area (Å²) in [6.45, 7) is 5.12. The molecule has 2 aliphatic rings. The molecule has 1 atom stereocenters. The third-order valence-corrected chi connectivity index (χ3v) is 17.4. The van der Waals surface area contributed by atoms with Gasteiger partial charge in [0.05, 0.1) is 0 Å². The van der Waals surface area contributed by atoms with E-state index in [1.165, 1.54) is 32.4 Å². The molecule has 1 heterocycles. The van der Waals surface area contributed by atoms with Crippen LogP contribution in [0.1, 0.15) is 26.2 Å². The molecule has 0 saturated carbocycles. The Labute approximate surface area is 130 Å². The Morgan fingerprint density at radius 3 is 2.00 bits per heavy atom. The molecule has 1 aliphatic carbocycles. The number of nitrogens with zero attached hydrogens (tertiary/aromatic N) is 1. The van der Waals surface area contributed by atoms with Crippen LogP contribution in [-0.4, -0.2) is 22.3 Å². The second kappa shape index (κ2) is 5.50. The molecular formula is C15H31Cl2NTi. The zero-order valence-electron chi connectivity index (χ0n) is 13.1. The topological polar surface area (TPSA) is 3.24 Å². The minimum atomic E-state index is -3.05. The van der Waals surface area contributed by atoms with Gasteiger partial charge in [0.25, 0.3) is 0 Å². The second-order valence-electron chi connectivity index (χ2n) is 9.04. The van der Waals surface area contributed by atoms with E-state index in [-0.39, 0.29) is 24.8 Å². The number of halogens is 2. The van der Waals surface area contributed by atoms with Gasteiger partial charge in [-0.25, -0.2) is 0 Å². The molecule has 1 saturated heterocycles. The van der Waals surface area contributed by atoms with Crippen molar-refractivity contribution in [2.45, 2.75) is 51.4 Å². The van der Waals surface area contributed by atoms with Crippen molar-refractivity contribution in [2.24, 2.45) is 0 Å². The van der Waals surface area contributed by atoms with Crippen molar-refractivity contribution in [3.05, 3.63) is 22.1 Å². The molecule has 1 nitrogen and oxygen atoms in total. The van der Waals surface area contributed by atoms with Gasteiger partial charge >= 0.3 is 106 Å². The molecule has 1 unspecified atom stereocenters. The van der Waals surface area contributed by atoms with Crippen LogP contribution in [0.25, 0.3) is 0 Å². The van der Waals surface area contributed by atoms with E-state index in [0.717, 1.165) is 4.35 Å². The number of hydrogen-bond acceptors (Lipinski definition) is 1. The fourth-order valence-electron chi connectivity index (χ4n) is 3.51. The molecule has 1 fully saturated rings. The molecule has 0 radical (unpaired) electrons. The molecule has 0 aromatic carbocycles. The normalized spacial score (nSPS) is 24.8. The van der Waals surface area contributed by atoms with E-state index in [9.17, 15) is 0 Å². The van der Waals surface area contributed by atoms with Gasteiger partial charge in [-0.2, -0.15) is 0 Å². The molecule has 0 bridgehead atoms.